The van der Waals surface area contributed by atoms with E-state index in [1.807, 2.05) is 27.7 Å². The van der Waals surface area contributed by atoms with Crippen molar-refractivity contribution >= 4 is 23.6 Å². The van der Waals surface area contributed by atoms with Crippen molar-refractivity contribution in [1.82, 2.24) is 21.3 Å². The number of likely N-dealkylation sites (N-methyl/N-ethyl adjacent to an activating group) is 2. The van der Waals surface area contributed by atoms with Gasteiger partial charge in [-0.15, -0.1) is 0 Å². The third-order valence-corrected chi connectivity index (χ3v) is 4.88. The van der Waals surface area contributed by atoms with E-state index in [-0.39, 0.29) is 23.7 Å². The summed E-state index contributed by atoms with van der Waals surface area (Å²) in [6, 6.07) is -1.33. The van der Waals surface area contributed by atoms with Gasteiger partial charge in [0, 0.05) is 14.1 Å². The van der Waals surface area contributed by atoms with Crippen molar-refractivity contribution in [3.63, 3.8) is 0 Å². The van der Waals surface area contributed by atoms with E-state index in [4.69, 9.17) is 9.47 Å². The summed E-state index contributed by atoms with van der Waals surface area (Å²) in [6.45, 7) is 7.31. The van der Waals surface area contributed by atoms with Crippen molar-refractivity contribution < 1.29 is 28.7 Å². The average molecular weight is 398 g/mol. The Hall–Kier alpha value is -2.20. The highest BCUT2D eigenvalue weighted by molar-refractivity contribution is 5.92. The first-order valence-electron chi connectivity index (χ1n) is 9.47. The second-order valence-electron chi connectivity index (χ2n) is 7.73. The SMILES string of the molecule is CNC(=O)[C@@H](NC(=O)[C@H]1O[C@@H]1[C@@H]1O[C@@H]1C(=O)N[C@H](C(=O)NC)C(C)C)C(C)C. The van der Waals surface area contributed by atoms with Gasteiger partial charge in [-0.05, 0) is 11.8 Å². The maximum Gasteiger partial charge on any atom is 0.252 e. The molecule has 0 radical (unpaired) electrons. The lowest BCUT2D eigenvalue weighted by Crippen LogP contribution is -2.50. The van der Waals surface area contributed by atoms with Crippen LogP contribution in [-0.4, -0.2) is 74.2 Å². The first kappa shape index (κ1) is 22.1. The molecule has 10 nitrogen and oxygen atoms in total. The van der Waals surface area contributed by atoms with Gasteiger partial charge in [-0.25, -0.2) is 0 Å². The van der Waals surface area contributed by atoms with Crippen LogP contribution in [0.25, 0.3) is 0 Å². The van der Waals surface area contributed by atoms with E-state index in [0.29, 0.717) is 0 Å². The van der Waals surface area contributed by atoms with Crippen LogP contribution >= 0.6 is 0 Å². The zero-order valence-corrected chi connectivity index (χ0v) is 17.1. The molecule has 2 rings (SSSR count). The van der Waals surface area contributed by atoms with Crippen molar-refractivity contribution in [2.24, 2.45) is 11.8 Å². The van der Waals surface area contributed by atoms with Crippen LogP contribution in [0.3, 0.4) is 0 Å². The normalized spacial score (nSPS) is 27.6. The molecule has 0 spiro atoms. The monoisotopic (exact) mass is 398 g/mol. The third kappa shape index (κ3) is 4.99. The molecular formula is C18H30N4O6. The van der Waals surface area contributed by atoms with E-state index in [1.54, 1.807) is 0 Å². The molecule has 2 heterocycles. The second kappa shape index (κ2) is 8.87. The van der Waals surface area contributed by atoms with Gasteiger partial charge in [-0.3, -0.25) is 19.2 Å². The summed E-state index contributed by atoms with van der Waals surface area (Å²) in [5.41, 5.74) is 0. The molecule has 0 aromatic carbocycles. The molecule has 158 valence electrons. The minimum Gasteiger partial charge on any atom is -0.357 e. The van der Waals surface area contributed by atoms with Crippen molar-refractivity contribution in [1.29, 1.82) is 0 Å². The highest BCUT2D eigenvalue weighted by atomic mass is 16.7. The van der Waals surface area contributed by atoms with Crippen LogP contribution in [0.15, 0.2) is 0 Å². The van der Waals surface area contributed by atoms with E-state index in [9.17, 15) is 19.2 Å². The van der Waals surface area contributed by atoms with Gasteiger partial charge in [0.1, 0.15) is 24.3 Å². The number of epoxide rings is 2. The fourth-order valence-corrected chi connectivity index (χ4v) is 3.02. The summed E-state index contributed by atoms with van der Waals surface area (Å²) in [5, 5.41) is 10.4. The zero-order valence-electron chi connectivity index (χ0n) is 17.1. The van der Waals surface area contributed by atoms with Crippen LogP contribution in [-0.2, 0) is 28.7 Å². The molecule has 6 atom stereocenters. The molecule has 0 saturated carbocycles. The molecule has 10 heteroatoms. The lowest BCUT2D eigenvalue weighted by Gasteiger charge is -2.20. The van der Waals surface area contributed by atoms with E-state index in [2.05, 4.69) is 21.3 Å². The van der Waals surface area contributed by atoms with Gasteiger partial charge in [0.25, 0.3) is 11.8 Å². The lowest BCUT2D eigenvalue weighted by atomic mass is 10.0. The topological polar surface area (TPSA) is 141 Å². The predicted molar refractivity (Wildman–Crippen MR) is 99.0 cm³/mol. The first-order chi connectivity index (χ1) is 13.1. The number of ether oxygens (including phenoxy) is 2. The number of hydrogen-bond donors (Lipinski definition) is 4. The molecule has 28 heavy (non-hydrogen) atoms. The minimum absolute atomic E-state index is 0.0884. The smallest absolute Gasteiger partial charge is 0.252 e. The number of hydrogen-bond acceptors (Lipinski definition) is 6. The summed E-state index contributed by atoms with van der Waals surface area (Å²) < 4.78 is 10.7. The van der Waals surface area contributed by atoms with Crippen LogP contribution in [0.4, 0.5) is 0 Å². The fourth-order valence-electron chi connectivity index (χ4n) is 3.02. The molecule has 4 amide bonds. The minimum atomic E-state index is -0.756. The standard InChI is InChI=1S/C18H30N4O6/c1-7(2)9(15(23)19-5)21-17(25)13-11(27-13)12-14(28-12)18(26)22-10(8(3)4)16(24)20-6/h7-14H,1-6H3,(H,19,23)(H,20,24)(H,21,25)(H,22,26)/t9-,10-,11-,12+,13-,14-/m0/s1. The molecule has 0 aromatic heterocycles. The summed E-state index contributed by atoms with van der Waals surface area (Å²) in [6.07, 6.45) is -2.58. The Balaban J connectivity index is 1.85. The molecule has 0 bridgehead atoms. The Morgan fingerprint density at radius 3 is 1.25 bits per heavy atom. The van der Waals surface area contributed by atoms with Crippen LogP contribution in [0.5, 0.6) is 0 Å². The predicted octanol–water partition coefficient (Wildman–Crippen LogP) is -1.71. The molecule has 4 N–H and O–H groups in total. The van der Waals surface area contributed by atoms with Gasteiger partial charge in [0.05, 0.1) is 0 Å². The lowest BCUT2D eigenvalue weighted by molar-refractivity contribution is -0.130. The van der Waals surface area contributed by atoms with E-state index >= 15 is 0 Å². The number of rotatable bonds is 9. The number of amides is 4. The first-order valence-corrected chi connectivity index (χ1v) is 9.47. The summed E-state index contributed by atoms with van der Waals surface area (Å²) in [7, 11) is 3.01. The van der Waals surface area contributed by atoms with Crippen LogP contribution in [0.2, 0.25) is 0 Å². The molecule has 2 aliphatic rings. The van der Waals surface area contributed by atoms with E-state index in [0.717, 1.165) is 0 Å². The molecular weight excluding hydrogens is 368 g/mol. The molecule has 0 aromatic rings. The Kier molecular flexibility index (Phi) is 7.00. The Labute approximate surface area is 164 Å². The zero-order chi connectivity index (χ0) is 21.2. The van der Waals surface area contributed by atoms with Crippen molar-refractivity contribution in [2.75, 3.05) is 14.1 Å². The van der Waals surface area contributed by atoms with Crippen LogP contribution in [0.1, 0.15) is 27.7 Å². The quantitative estimate of drug-likeness (QED) is 0.341. The van der Waals surface area contributed by atoms with E-state index < -0.39 is 48.3 Å². The second-order valence-corrected chi connectivity index (χ2v) is 7.73. The summed E-state index contributed by atoms with van der Waals surface area (Å²) in [5.74, 6) is -1.56. The fraction of sp³-hybridized carbons (Fsp3) is 0.778. The number of nitrogens with one attached hydrogen (secondary N) is 4. The van der Waals surface area contributed by atoms with Gasteiger partial charge in [-0.2, -0.15) is 0 Å². The highest BCUT2D eigenvalue weighted by Crippen LogP contribution is 2.39. The molecule has 2 fully saturated rings. The molecule has 2 aliphatic heterocycles. The van der Waals surface area contributed by atoms with E-state index in [1.165, 1.54) is 14.1 Å². The third-order valence-electron chi connectivity index (χ3n) is 4.88. The largest absolute Gasteiger partial charge is 0.357 e. The van der Waals surface area contributed by atoms with Crippen LogP contribution < -0.4 is 21.3 Å². The highest BCUT2D eigenvalue weighted by Gasteiger charge is 2.62. The Bertz CT molecular complexity index is 584. The van der Waals surface area contributed by atoms with Gasteiger partial charge < -0.3 is 30.7 Å². The maximum absolute atomic E-state index is 12.3. The van der Waals surface area contributed by atoms with Crippen molar-refractivity contribution in [3.8, 4) is 0 Å². The van der Waals surface area contributed by atoms with Crippen molar-refractivity contribution in [3.05, 3.63) is 0 Å². The number of carbonyl (C=O) groups is 4. The van der Waals surface area contributed by atoms with Gasteiger partial charge in [0.15, 0.2) is 12.2 Å². The Morgan fingerprint density at radius 1 is 0.679 bits per heavy atom. The van der Waals surface area contributed by atoms with Crippen molar-refractivity contribution in [2.45, 2.75) is 64.2 Å². The summed E-state index contributed by atoms with van der Waals surface area (Å²) in [4.78, 5) is 48.4. The molecule has 2 saturated heterocycles. The maximum atomic E-state index is 12.3. The molecule has 0 unspecified atom stereocenters. The van der Waals surface area contributed by atoms with Gasteiger partial charge >= 0.3 is 0 Å². The number of carbonyl (C=O) groups excluding carboxylic acids is 4. The summed E-state index contributed by atoms with van der Waals surface area (Å²) >= 11 is 0. The molecule has 0 aliphatic carbocycles. The average Bonchev–Trinajstić information content (AvgIpc) is 3.53. The van der Waals surface area contributed by atoms with Crippen LogP contribution in [0, 0.1) is 11.8 Å². The Morgan fingerprint density at radius 2 is 1.00 bits per heavy atom. The van der Waals surface area contributed by atoms with Gasteiger partial charge in [0.2, 0.25) is 11.8 Å². The van der Waals surface area contributed by atoms with Gasteiger partial charge in [-0.1, -0.05) is 27.7 Å².